The van der Waals surface area contributed by atoms with Crippen molar-refractivity contribution in [3.8, 4) is 0 Å². The van der Waals surface area contributed by atoms with E-state index in [2.05, 4.69) is 36.1 Å². The Kier molecular flexibility index (Phi) is 13.6. The smallest absolute Gasteiger partial charge is 0.258 e. The first-order chi connectivity index (χ1) is 28.7. The average Bonchev–Trinajstić information content (AvgIpc) is 3.72. The molecular weight excluding hydrogens is 870 g/mol. The average molecular weight is 915 g/mol. The molecule has 0 atom stereocenters. The van der Waals surface area contributed by atoms with Crippen LogP contribution in [-0.2, 0) is 23.1 Å². The van der Waals surface area contributed by atoms with Gasteiger partial charge in [-0.25, -0.2) is 32.1 Å². The van der Waals surface area contributed by atoms with Gasteiger partial charge in [-0.2, -0.15) is 10.2 Å². The summed E-state index contributed by atoms with van der Waals surface area (Å²) < 4.78 is 28.7. The van der Waals surface area contributed by atoms with Gasteiger partial charge in [-0.05, 0) is 113 Å². The maximum absolute atomic E-state index is 12.8. The lowest BCUT2D eigenvalue weighted by Gasteiger charge is -2.30. The highest BCUT2D eigenvalue weighted by atomic mass is 35.5. The molecule has 0 aliphatic carbocycles. The molecule has 0 radical (unpaired) electrons. The van der Waals surface area contributed by atoms with Crippen LogP contribution in [-0.4, -0.2) is 86.5 Å². The third-order valence-electron chi connectivity index (χ3n) is 10.8. The second-order valence-electron chi connectivity index (χ2n) is 15.1. The van der Waals surface area contributed by atoms with Crippen molar-refractivity contribution in [3.05, 3.63) is 104 Å². The van der Waals surface area contributed by atoms with E-state index in [0.29, 0.717) is 79.3 Å². The number of nitrogens with zero attached hydrogens (tertiary/aromatic N) is 7. The number of carbonyl (C=O) groups excluding carboxylic acids is 2. The summed E-state index contributed by atoms with van der Waals surface area (Å²) in [6.07, 6.45) is 7.97. The van der Waals surface area contributed by atoms with Crippen LogP contribution in [0.15, 0.2) is 60.9 Å². The number of rotatable bonds is 9. The molecule has 0 unspecified atom stereocenters. The fourth-order valence-corrected chi connectivity index (χ4v) is 9.40. The number of carbonyl (C=O) groups is 2. The van der Waals surface area contributed by atoms with Crippen molar-refractivity contribution in [2.45, 2.75) is 52.6 Å². The Morgan fingerprint density at radius 3 is 1.48 bits per heavy atom. The molecule has 14 nitrogen and oxygen atoms in total. The first-order valence-corrected chi connectivity index (χ1v) is 22.8. The third-order valence-corrected chi connectivity index (χ3v) is 13.4. The van der Waals surface area contributed by atoms with E-state index in [1.54, 1.807) is 53.2 Å². The zero-order valence-electron chi connectivity index (χ0n) is 33.2. The topological polar surface area (TPSA) is 169 Å². The summed E-state index contributed by atoms with van der Waals surface area (Å²) in [6.45, 7) is 8.23. The number of hydrogen-bond donors (Lipinski definition) is 3. The van der Waals surface area contributed by atoms with E-state index in [4.69, 9.17) is 46.4 Å². The molecule has 0 bridgehead atoms. The van der Waals surface area contributed by atoms with Gasteiger partial charge in [0, 0.05) is 60.0 Å². The summed E-state index contributed by atoms with van der Waals surface area (Å²) in [4.78, 5) is 34.5. The summed E-state index contributed by atoms with van der Waals surface area (Å²) >= 11 is 25.0. The summed E-state index contributed by atoms with van der Waals surface area (Å²) in [5.41, 5.74) is 4.64. The number of hydrogen-bond acceptors (Lipinski definition) is 9. The van der Waals surface area contributed by atoms with Gasteiger partial charge in [-0.3, -0.25) is 9.59 Å². The Morgan fingerprint density at radius 2 is 1.08 bits per heavy atom. The van der Waals surface area contributed by atoms with Gasteiger partial charge in [0.2, 0.25) is 10.0 Å². The fraction of sp³-hybridized carbons (Fsp3) is 0.366. The van der Waals surface area contributed by atoms with Crippen molar-refractivity contribution in [2.24, 2.45) is 11.8 Å². The predicted molar refractivity (Wildman–Crippen MR) is 238 cm³/mol. The summed E-state index contributed by atoms with van der Waals surface area (Å²) in [6, 6.07) is 13.7. The highest BCUT2D eigenvalue weighted by Crippen LogP contribution is 2.32. The lowest BCUT2D eigenvalue weighted by atomic mass is 9.98. The maximum Gasteiger partial charge on any atom is 0.258 e. The first-order valence-electron chi connectivity index (χ1n) is 19.5. The number of nitrogens with one attached hydrogen (secondary N) is 3. The van der Waals surface area contributed by atoms with Crippen molar-refractivity contribution in [2.75, 3.05) is 43.1 Å². The zero-order chi connectivity index (χ0) is 42.7. The highest BCUT2D eigenvalue weighted by Gasteiger charge is 2.27. The largest absolute Gasteiger partial charge is 0.322 e. The zero-order valence-corrected chi connectivity index (χ0v) is 37.0. The van der Waals surface area contributed by atoms with E-state index in [9.17, 15) is 18.0 Å². The van der Waals surface area contributed by atoms with Crippen LogP contribution < -0.4 is 16.0 Å². The lowest BCUT2D eigenvalue weighted by molar-refractivity contribution is 0.101. The maximum atomic E-state index is 12.8. The monoisotopic (exact) mass is 912 g/mol. The van der Waals surface area contributed by atoms with Gasteiger partial charge in [-0.1, -0.05) is 46.4 Å². The van der Waals surface area contributed by atoms with Crippen LogP contribution in [0.2, 0.25) is 20.1 Å². The molecule has 6 aromatic rings. The van der Waals surface area contributed by atoms with E-state index in [-0.39, 0.29) is 23.3 Å². The quantitative estimate of drug-likeness (QED) is 0.129. The third kappa shape index (κ3) is 10.0. The van der Waals surface area contributed by atoms with Gasteiger partial charge >= 0.3 is 0 Å². The molecule has 4 aromatic heterocycles. The van der Waals surface area contributed by atoms with Crippen LogP contribution in [0.1, 0.15) is 57.8 Å². The number of aromatic nitrogens is 6. The first kappa shape index (κ1) is 43.7. The summed E-state index contributed by atoms with van der Waals surface area (Å²) in [5.74, 6) is 0.167. The molecule has 2 aromatic carbocycles. The van der Waals surface area contributed by atoms with E-state index in [1.165, 1.54) is 23.0 Å². The van der Waals surface area contributed by atoms with Crippen LogP contribution >= 0.6 is 46.4 Å². The molecule has 8 rings (SSSR count). The Bertz CT molecular complexity index is 2640. The van der Waals surface area contributed by atoms with E-state index < -0.39 is 10.0 Å². The second-order valence-corrected chi connectivity index (χ2v) is 18.7. The van der Waals surface area contributed by atoms with Gasteiger partial charge in [-0.15, -0.1) is 0 Å². The van der Waals surface area contributed by atoms with Gasteiger partial charge in [0.15, 0.2) is 11.3 Å². The number of pyridine rings is 2. The lowest BCUT2D eigenvalue weighted by Crippen LogP contribution is -2.38. The number of piperidine rings is 2. The van der Waals surface area contributed by atoms with Crippen LogP contribution in [0.3, 0.4) is 0 Å². The van der Waals surface area contributed by atoms with Crippen LogP contribution in [0, 0.1) is 25.7 Å². The molecule has 316 valence electrons. The molecule has 0 saturated carbocycles. The number of fused-ring (bicyclic) bond motifs is 2. The normalized spacial score (nSPS) is 15.5. The molecular formula is C41H44Cl4N10O4S. The second kappa shape index (κ2) is 18.7. The number of anilines is 2. The van der Waals surface area contributed by atoms with E-state index >= 15 is 0 Å². The Hall–Kier alpha value is -4.35. The van der Waals surface area contributed by atoms with Gasteiger partial charge in [0.1, 0.15) is 0 Å². The molecule has 2 aliphatic heterocycles. The van der Waals surface area contributed by atoms with Crippen molar-refractivity contribution in [3.63, 3.8) is 0 Å². The van der Waals surface area contributed by atoms with E-state index in [0.717, 1.165) is 62.0 Å². The number of benzene rings is 2. The van der Waals surface area contributed by atoms with Crippen LogP contribution in [0.5, 0.6) is 0 Å². The molecule has 3 N–H and O–H groups in total. The number of aryl methyl sites for hydroxylation is 2. The number of halogens is 4. The van der Waals surface area contributed by atoms with Crippen molar-refractivity contribution >= 4 is 102 Å². The standard InChI is InChI=1S/C21H23Cl2N5O3S.C20H21Cl2N5O/c1-13-18-19(23)17(21(29)25-16-5-3-15(22)4-6-16)11-24-20(18)28(26-13)12-14-7-9-27(10-8-14)32(2,30)31;1-12-17-18(22)16(20(28)25-15-4-2-14(21)3-5-15)10-24-19(17)27(26-12)11-13-6-8-23-9-7-13/h3-6,11,14H,7-10,12H2,1-2H3,(H,25,29);2-5,10,13,23H,6-9,11H2,1H3,(H,25,28). The molecule has 19 heteroatoms. The Labute approximate surface area is 368 Å². The van der Waals surface area contributed by atoms with Crippen molar-refractivity contribution in [1.29, 1.82) is 0 Å². The molecule has 2 saturated heterocycles. The van der Waals surface area contributed by atoms with Crippen molar-refractivity contribution in [1.82, 2.24) is 39.2 Å². The molecule has 60 heavy (non-hydrogen) atoms. The van der Waals surface area contributed by atoms with E-state index in [1.807, 2.05) is 18.5 Å². The number of amides is 2. The summed E-state index contributed by atoms with van der Waals surface area (Å²) in [5, 5.41) is 21.5. The minimum atomic E-state index is -3.16. The van der Waals surface area contributed by atoms with Crippen LogP contribution in [0.25, 0.3) is 22.1 Å². The Morgan fingerprint density at radius 1 is 0.683 bits per heavy atom. The fourth-order valence-electron chi connectivity index (χ4n) is 7.56. The molecule has 2 fully saturated rings. The molecule has 2 aliphatic rings. The van der Waals surface area contributed by atoms with Gasteiger partial charge in [0.25, 0.3) is 11.8 Å². The summed E-state index contributed by atoms with van der Waals surface area (Å²) in [7, 11) is -3.16. The molecule has 0 spiro atoms. The SMILES string of the molecule is Cc1nn(CC2CCN(S(C)(=O)=O)CC2)c2ncc(C(=O)Nc3ccc(Cl)cc3)c(Cl)c12.Cc1nn(CC2CCNCC2)c2ncc(C(=O)Nc3ccc(Cl)cc3)c(Cl)c12. The predicted octanol–water partition coefficient (Wildman–Crippen LogP) is 8.27. The van der Waals surface area contributed by atoms with Crippen LogP contribution in [0.4, 0.5) is 11.4 Å². The molecule has 2 amide bonds. The van der Waals surface area contributed by atoms with Gasteiger partial charge in [0.05, 0.1) is 49.6 Å². The Balaban J connectivity index is 0.000000183. The highest BCUT2D eigenvalue weighted by molar-refractivity contribution is 7.88. The van der Waals surface area contributed by atoms with Gasteiger partial charge < -0.3 is 16.0 Å². The van der Waals surface area contributed by atoms with Crippen molar-refractivity contribution < 1.29 is 18.0 Å². The number of sulfonamides is 1. The molecule has 6 heterocycles. The minimum absolute atomic E-state index is 0.262. The minimum Gasteiger partial charge on any atom is -0.322 e.